The standard InChI is InChI=1S/C12H13NO4.C10H9N.2C2H6.CO/c1-8(2)12(17-9(3)14)10-6-4-5-7-11(10)13(15)16;1-8-6-9-4-2-3-5-10(9)11-7-8;3*1-2/h4-7,12H,1H2,2-3H3;2-7H,1H3;2*1-2H3;. The summed E-state index contributed by atoms with van der Waals surface area (Å²) >= 11 is 0. The van der Waals surface area contributed by atoms with Crippen LogP contribution in [0.5, 0.6) is 0 Å². The number of carbonyl (C=O) groups is 1. The van der Waals surface area contributed by atoms with Gasteiger partial charge in [-0.05, 0) is 43.2 Å². The van der Waals surface area contributed by atoms with Crippen molar-refractivity contribution in [3.8, 4) is 0 Å². The molecule has 0 aliphatic heterocycles. The van der Waals surface area contributed by atoms with E-state index in [1.54, 1.807) is 25.1 Å². The van der Waals surface area contributed by atoms with Crippen molar-refractivity contribution in [3.05, 3.63) is 101 Å². The summed E-state index contributed by atoms with van der Waals surface area (Å²) in [4.78, 5) is 25.6. The Hall–Kier alpha value is -3.80. The number of nitrogens with zero attached hydrogens (tertiary/aromatic N) is 2. The molecule has 0 aliphatic rings. The third-order valence-corrected chi connectivity index (χ3v) is 3.87. The van der Waals surface area contributed by atoms with Gasteiger partial charge in [0.2, 0.25) is 0 Å². The number of aromatic nitrogens is 1. The van der Waals surface area contributed by atoms with Crippen LogP contribution >= 0.6 is 0 Å². The number of nitro benzene ring substituents is 1. The van der Waals surface area contributed by atoms with Crippen molar-refractivity contribution in [3.63, 3.8) is 0 Å². The van der Waals surface area contributed by atoms with E-state index in [-0.39, 0.29) is 5.69 Å². The Bertz CT molecular complexity index is 1060. The number of para-hydroxylation sites is 2. The third kappa shape index (κ3) is 11.2. The number of rotatable bonds is 4. The molecule has 1 aromatic heterocycles. The zero-order chi connectivity index (χ0) is 26.7. The third-order valence-electron chi connectivity index (χ3n) is 3.87. The molecule has 7 nitrogen and oxygen atoms in total. The van der Waals surface area contributed by atoms with Crippen LogP contribution in [0.15, 0.2) is 72.9 Å². The van der Waals surface area contributed by atoms with E-state index in [4.69, 9.17) is 9.39 Å². The minimum absolute atomic E-state index is 0.0817. The number of esters is 1. The summed E-state index contributed by atoms with van der Waals surface area (Å²) in [6.45, 7) is 21.2. The molecular weight excluding hydrogens is 432 g/mol. The number of hydrogen-bond donors (Lipinski definition) is 0. The maximum atomic E-state index is 11.0. The van der Waals surface area contributed by atoms with Crippen molar-refractivity contribution in [2.45, 2.75) is 54.6 Å². The quantitative estimate of drug-likeness (QED) is 0.1000. The number of benzene rings is 2. The monoisotopic (exact) mass is 466 g/mol. The van der Waals surface area contributed by atoms with Crippen LogP contribution in [0.4, 0.5) is 5.69 Å². The van der Waals surface area contributed by atoms with E-state index in [0.29, 0.717) is 11.1 Å². The molecule has 0 fully saturated rings. The first-order chi connectivity index (χ1) is 16.3. The first kappa shape index (κ1) is 32.4. The van der Waals surface area contributed by atoms with Gasteiger partial charge in [-0.3, -0.25) is 19.9 Å². The molecule has 3 rings (SSSR count). The number of carbonyl (C=O) groups excluding carboxylic acids is 1. The van der Waals surface area contributed by atoms with Gasteiger partial charge < -0.3 is 4.74 Å². The van der Waals surface area contributed by atoms with Gasteiger partial charge in [-0.1, -0.05) is 64.6 Å². The second-order valence-electron chi connectivity index (χ2n) is 6.36. The summed E-state index contributed by atoms with van der Waals surface area (Å²) in [5.41, 5.74) is 3.07. The minimum atomic E-state index is -0.783. The topological polar surface area (TPSA) is 102 Å². The molecule has 1 atom stereocenters. The van der Waals surface area contributed by atoms with E-state index in [1.807, 2.05) is 52.1 Å². The Morgan fingerprint density at radius 1 is 1.06 bits per heavy atom. The van der Waals surface area contributed by atoms with Crippen LogP contribution in [-0.2, 0) is 14.2 Å². The molecule has 2 aromatic carbocycles. The fourth-order valence-electron chi connectivity index (χ4n) is 2.65. The molecule has 0 saturated heterocycles. The van der Waals surface area contributed by atoms with Gasteiger partial charge >= 0.3 is 17.3 Å². The zero-order valence-corrected chi connectivity index (χ0v) is 21.0. The zero-order valence-electron chi connectivity index (χ0n) is 21.0. The average molecular weight is 467 g/mol. The second-order valence-corrected chi connectivity index (χ2v) is 6.36. The Kier molecular flexibility index (Phi) is 17.8. The SMILES string of the molecule is C=C(C)C(OC(C)=O)c1ccccc1[N+](=O)[O-].CC.CC.Cc1cnc2ccccc2c1.[C-]#[O+]. The number of ether oxygens (including phenoxy) is 1. The van der Waals surface area contributed by atoms with Gasteiger partial charge in [-0.15, -0.1) is 0 Å². The first-order valence-corrected chi connectivity index (χ1v) is 10.9. The van der Waals surface area contributed by atoms with Gasteiger partial charge in [0.05, 0.1) is 16.0 Å². The van der Waals surface area contributed by atoms with Crippen molar-refractivity contribution < 1.29 is 19.1 Å². The predicted molar refractivity (Wildman–Crippen MR) is 136 cm³/mol. The molecule has 0 radical (unpaired) electrons. The number of fused-ring (bicyclic) bond motifs is 1. The predicted octanol–water partition coefficient (Wildman–Crippen LogP) is 7.33. The second kappa shape index (κ2) is 18.7. The van der Waals surface area contributed by atoms with Crippen molar-refractivity contribution in [1.82, 2.24) is 4.98 Å². The van der Waals surface area contributed by atoms with Gasteiger partial charge in [0.1, 0.15) is 0 Å². The summed E-state index contributed by atoms with van der Waals surface area (Å²) < 4.78 is 12.5. The normalized spacial score (nSPS) is 9.56. The molecule has 0 spiro atoms. The molecule has 34 heavy (non-hydrogen) atoms. The number of pyridine rings is 1. The first-order valence-electron chi connectivity index (χ1n) is 10.9. The molecule has 0 amide bonds. The van der Waals surface area contributed by atoms with E-state index in [0.717, 1.165) is 5.52 Å². The fourth-order valence-corrected chi connectivity index (χ4v) is 2.65. The number of aryl methyl sites for hydroxylation is 1. The Labute approximate surface area is 202 Å². The summed E-state index contributed by atoms with van der Waals surface area (Å²) in [6.07, 6.45) is 1.11. The molecule has 0 bridgehead atoms. The Morgan fingerprint density at radius 3 is 2.12 bits per heavy atom. The van der Waals surface area contributed by atoms with Crippen molar-refractivity contribution in [2.75, 3.05) is 0 Å². The Morgan fingerprint density at radius 2 is 1.59 bits per heavy atom. The fraction of sp³-hybridized carbons (Fsp3) is 0.296. The van der Waals surface area contributed by atoms with Gasteiger partial charge in [0.25, 0.3) is 5.69 Å². The van der Waals surface area contributed by atoms with Crippen molar-refractivity contribution >= 4 is 22.6 Å². The van der Waals surface area contributed by atoms with E-state index in [1.165, 1.54) is 23.9 Å². The van der Waals surface area contributed by atoms with E-state index >= 15 is 0 Å². The molecule has 1 heterocycles. The van der Waals surface area contributed by atoms with Gasteiger partial charge in [-0.25, -0.2) is 0 Å². The molecule has 7 heteroatoms. The molecule has 3 aromatic rings. The van der Waals surface area contributed by atoms with Crippen LogP contribution in [0.1, 0.15) is 58.8 Å². The van der Waals surface area contributed by atoms with Crippen molar-refractivity contribution in [1.29, 1.82) is 0 Å². The molecule has 0 N–H and O–H groups in total. The van der Waals surface area contributed by atoms with Crippen LogP contribution < -0.4 is 0 Å². The number of nitro groups is 1. The van der Waals surface area contributed by atoms with E-state index < -0.39 is 17.0 Å². The van der Waals surface area contributed by atoms with Crippen molar-refractivity contribution in [2.24, 2.45) is 0 Å². The summed E-state index contributed by atoms with van der Waals surface area (Å²) in [5.74, 6) is -0.504. The molecule has 182 valence electrons. The molecule has 1 unspecified atom stereocenters. The van der Waals surface area contributed by atoms with Gasteiger partial charge in [0.15, 0.2) is 6.10 Å². The maximum absolute atomic E-state index is 11.0. The molecule has 0 saturated carbocycles. The molecule has 0 aliphatic carbocycles. The Balaban J connectivity index is 0. The average Bonchev–Trinajstić information content (AvgIpc) is 2.86. The number of hydrogen-bond acceptors (Lipinski definition) is 5. The summed E-state index contributed by atoms with van der Waals surface area (Å²) in [6, 6.07) is 16.4. The van der Waals surface area contributed by atoms with Crippen LogP contribution in [0.3, 0.4) is 0 Å². The van der Waals surface area contributed by atoms with Gasteiger partial charge in [0, 0.05) is 24.6 Å². The van der Waals surface area contributed by atoms with Crippen LogP contribution in [-0.4, -0.2) is 15.9 Å². The van der Waals surface area contributed by atoms with Crippen LogP contribution in [0.25, 0.3) is 10.9 Å². The summed E-state index contributed by atoms with van der Waals surface area (Å²) in [5, 5.41) is 12.1. The van der Waals surface area contributed by atoms with Crippen LogP contribution in [0.2, 0.25) is 0 Å². The van der Waals surface area contributed by atoms with Crippen LogP contribution in [0, 0.1) is 23.7 Å². The summed E-state index contributed by atoms with van der Waals surface area (Å²) in [7, 11) is 0. The van der Waals surface area contributed by atoms with Gasteiger partial charge in [-0.2, -0.15) is 0 Å². The molecular formula is C27H34N2O5. The van der Waals surface area contributed by atoms with E-state index in [2.05, 4.69) is 37.3 Å². The van der Waals surface area contributed by atoms with E-state index in [9.17, 15) is 14.9 Å².